The predicted molar refractivity (Wildman–Crippen MR) is 9.05 cm³/mol. The van der Waals surface area contributed by atoms with Gasteiger partial charge in [-0.15, -0.1) is 0 Å². The summed E-state index contributed by atoms with van der Waals surface area (Å²) in [6, 6.07) is 0. The third-order valence-electron chi connectivity index (χ3n) is 0. The molecule has 0 aromatic rings. The summed E-state index contributed by atoms with van der Waals surface area (Å²) in [4.78, 5) is 0. The predicted octanol–water partition coefficient (Wildman–Crippen LogP) is 0.391. The molecule has 0 aromatic heterocycles. The molecule has 0 aromatic carbocycles. The highest BCUT2D eigenvalue weighted by Gasteiger charge is 1.42. The van der Waals surface area contributed by atoms with Crippen molar-refractivity contribution in [1.29, 1.82) is 0 Å². The minimum Gasteiger partial charge on any atom is -0.0104 e. The van der Waals surface area contributed by atoms with Gasteiger partial charge < -0.3 is 0 Å². The Balaban J connectivity index is 0. The fraction of sp³-hybridized carbons (Fsp3) is 0. The Kier molecular flexibility index (Phi) is 22.4. The Morgan fingerprint density at radius 1 is 1.25 bits per heavy atom. The lowest BCUT2D eigenvalue weighted by molar-refractivity contribution is -0.317. The maximum atomic E-state index is 9.12. The van der Waals surface area contributed by atoms with Crippen LogP contribution >= 0.6 is 0 Å². The Bertz CT molecular complexity index is 6.00. The van der Waals surface area contributed by atoms with Crippen molar-refractivity contribution in [1.82, 2.24) is 0 Å². The molecule has 0 fully saturated rings. The molecular weight excluding hydrogens is 81.0 g/mol. The van der Waals surface area contributed by atoms with Crippen molar-refractivity contribution in [2.45, 2.75) is 0 Å². The Labute approximate surface area is 32.5 Å². The molecule has 0 spiro atoms. The van der Waals surface area contributed by atoms with E-state index in [-0.39, 0.29) is 17.4 Å². The second-order valence-electron chi connectivity index (χ2n) is 0.0583. The van der Waals surface area contributed by atoms with Gasteiger partial charge in [0, 0.05) is 22.5 Å². The van der Waals surface area contributed by atoms with Gasteiger partial charge in [-0.05, 0) is 9.05 Å². The van der Waals surface area contributed by atoms with Crippen molar-refractivity contribution < 1.29 is 14.2 Å². The Hall–Kier alpha value is 0.352. The van der Waals surface area contributed by atoms with E-state index in [2.05, 4.69) is 0 Å². The summed E-state index contributed by atoms with van der Waals surface area (Å²) in [5, 5.41) is 1.25. The van der Waals surface area contributed by atoms with Crippen LogP contribution in [-0.4, -0.2) is 17.4 Å². The van der Waals surface area contributed by atoms with Gasteiger partial charge in [0.2, 0.25) is 0 Å². The standard InChI is InChI=1S/Al.F2O/c;1-3-2. The molecule has 0 heterocycles. The normalized spacial score (nSPS) is 4.50. The first-order chi connectivity index (χ1) is 1.41. The largest absolute Gasteiger partial charge is 0.0209 e. The summed E-state index contributed by atoms with van der Waals surface area (Å²) in [6.45, 7) is 0. The van der Waals surface area contributed by atoms with Crippen molar-refractivity contribution in [3.05, 3.63) is 0 Å². The molecule has 0 rings (SSSR count). The second kappa shape index (κ2) is 10.1. The van der Waals surface area contributed by atoms with Crippen LogP contribution in [0.5, 0.6) is 0 Å². The van der Waals surface area contributed by atoms with E-state index in [0.717, 1.165) is 0 Å². The lowest BCUT2D eigenvalue weighted by atomic mass is 15.4. The molecule has 0 aliphatic heterocycles. The SMILES string of the molecule is FOF.[Al]. The van der Waals surface area contributed by atoms with E-state index < -0.39 is 0 Å². The van der Waals surface area contributed by atoms with Gasteiger partial charge in [-0.2, -0.15) is 0 Å². The zero-order chi connectivity index (χ0) is 2.71. The Morgan fingerprint density at radius 2 is 1.25 bits per heavy atom. The average molecular weight is 81.0 g/mol. The van der Waals surface area contributed by atoms with Crippen LogP contribution in [0.15, 0.2) is 0 Å². The topological polar surface area (TPSA) is 9.23 Å². The molecule has 0 unspecified atom stereocenters. The summed E-state index contributed by atoms with van der Waals surface area (Å²) in [6.07, 6.45) is 0. The van der Waals surface area contributed by atoms with Gasteiger partial charge in [0.1, 0.15) is 0 Å². The van der Waals surface area contributed by atoms with E-state index in [0.29, 0.717) is 0 Å². The molecule has 0 saturated heterocycles. The van der Waals surface area contributed by atoms with Gasteiger partial charge in [0.25, 0.3) is 0 Å². The number of halogens is 2. The highest BCUT2D eigenvalue weighted by Crippen LogP contribution is 1.61. The minimum atomic E-state index is 0. The molecular formula is AlF2O. The molecule has 0 aliphatic rings. The van der Waals surface area contributed by atoms with Crippen LogP contribution in [0.1, 0.15) is 0 Å². The monoisotopic (exact) mass is 81.0 g/mol. The van der Waals surface area contributed by atoms with Crippen LogP contribution in [-0.2, 0) is 5.15 Å². The fourth-order valence-corrected chi connectivity index (χ4v) is 0. The molecule has 0 atom stereocenters. The smallest absolute Gasteiger partial charge is 0.0104 e. The van der Waals surface area contributed by atoms with Crippen molar-refractivity contribution in [3.8, 4) is 0 Å². The zero-order valence-corrected chi connectivity index (χ0v) is 2.90. The van der Waals surface area contributed by atoms with Crippen molar-refractivity contribution in [2.75, 3.05) is 0 Å². The molecule has 4 heteroatoms. The number of rotatable bonds is 0. The van der Waals surface area contributed by atoms with Crippen LogP contribution in [0.4, 0.5) is 9.05 Å². The molecule has 0 aliphatic carbocycles. The van der Waals surface area contributed by atoms with Crippen LogP contribution in [0, 0.1) is 0 Å². The Morgan fingerprint density at radius 3 is 1.25 bits per heavy atom. The molecule has 0 bridgehead atoms. The summed E-state index contributed by atoms with van der Waals surface area (Å²) < 4.78 is 18.2. The third kappa shape index (κ3) is 34.6. The lowest BCUT2D eigenvalue weighted by Crippen LogP contribution is -1.26. The van der Waals surface area contributed by atoms with Crippen LogP contribution < -0.4 is 0 Å². The first-order valence-corrected chi connectivity index (χ1v) is 0.309. The van der Waals surface area contributed by atoms with Gasteiger partial charge in [-0.1, -0.05) is 0 Å². The summed E-state index contributed by atoms with van der Waals surface area (Å²) >= 11 is 0. The minimum absolute atomic E-state index is 0. The number of hydrogen-bond acceptors (Lipinski definition) is 1. The van der Waals surface area contributed by atoms with E-state index >= 15 is 0 Å². The average Bonchev–Trinajstić information content (AvgIpc) is 0.918. The van der Waals surface area contributed by atoms with E-state index in [9.17, 15) is 0 Å². The maximum absolute atomic E-state index is 9.12. The molecule has 0 N–H and O–H groups in total. The first-order valence-electron chi connectivity index (χ1n) is 0.309. The number of hydrogen-bond donors (Lipinski definition) is 0. The zero-order valence-electron chi connectivity index (χ0n) is 1.74. The summed E-state index contributed by atoms with van der Waals surface area (Å²) in [5.41, 5.74) is 0. The van der Waals surface area contributed by atoms with Crippen LogP contribution in [0.3, 0.4) is 0 Å². The van der Waals surface area contributed by atoms with Gasteiger partial charge in [0.05, 0.1) is 0 Å². The molecule has 23 valence electrons. The highest BCUT2D eigenvalue weighted by atomic mass is 27.0. The van der Waals surface area contributed by atoms with Crippen molar-refractivity contribution in [2.24, 2.45) is 0 Å². The molecule has 4 heavy (non-hydrogen) atoms. The molecule has 3 radical (unpaired) electrons. The maximum Gasteiger partial charge on any atom is 0.0209 e. The van der Waals surface area contributed by atoms with Crippen molar-refractivity contribution >= 4 is 17.4 Å². The van der Waals surface area contributed by atoms with E-state index in [4.69, 9.17) is 9.05 Å². The molecule has 0 saturated carbocycles. The first kappa shape index (κ1) is 8.84. The van der Waals surface area contributed by atoms with E-state index in [1.165, 1.54) is 5.15 Å². The van der Waals surface area contributed by atoms with Crippen molar-refractivity contribution in [3.63, 3.8) is 0 Å². The van der Waals surface area contributed by atoms with Gasteiger partial charge in [-0.3, -0.25) is 0 Å². The van der Waals surface area contributed by atoms with Gasteiger partial charge in [0.15, 0.2) is 0 Å². The van der Waals surface area contributed by atoms with E-state index in [1.807, 2.05) is 0 Å². The third-order valence-corrected chi connectivity index (χ3v) is 0. The summed E-state index contributed by atoms with van der Waals surface area (Å²) in [7, 11) is 0. The van der Waals surface area contributed by atoms with Gasteiger partial charge >= 0.3 is 0 Å². The highest BCUT2D eigenvalue weighted by molar-refractivity contribution is 5.75. The van der Waals surface area contributed by atoms with Gasteiger partial charge in [-0.25, -0.2) is 0 Å². The van der Waals surface area contributed by atoms with E-state index in [1.54, 1.807) is 0 Å². The van der Waals surface area contributed by atoms with Crippen LogP contribution in [0.25, 0.3) is 0 Å². The molecule has 0 amide bonds. The summed E-state index contributed by atoms with van der Waals surface area (Å²) in [5.74, 6) is 0. The second-order valence-corrected chi connectivity index (χ2v) is 0.0583. The lowest BCUT2D eigenvalue weighted by Gasteiger charge is -1.41. The fourth-order valence-electron chi connectivity index (χ4n) is 0. The van der Waals surface area contributed by atoms with Crippen LogP contribution in [0.2, 0.25) is 0 Å². The quantitative estimate of drug-likeness (QED) is 0.383. The molecule has 1 nitrogen and oxygen atoms in total.